The Kier molecular flexibility index (Phi) is 6.08. The highest BCUT2D eigenvalue weighted by Gasteiger charge is 2.20. The van der Waals surface area contributed by atoms with Crippen LogP contribution in [0.2, 0.25) is 0 Å². The van der Waals surface area contributed by atoms with Crippen LogP contribution in [0.1, 0.15) is 12.8 Å². The van der Waals surface area contributed by atoms with E-state index in [0.29, 0.717) is 0 Å². The Hall–Kier alpha value is -2.32. The standard InChI is InChI=1S/C8H14N4O5/c9-8(10)11-3-5(13)12-4(7(16)17)1-2-6(14)15/h4H,1-3H2,(H,12,13)(H,14,15)(H,16,17)(H4,9,10,11)/t4-/m0/s1. The van der Waals surface area contributed by atoms with Gasteiger partial charge in [-0.25, -0.2) is 4.79 Å². The number of aliphatic carboxylic acids is 2. The molecule has 0 aromatic carbocycles. The molecule has 0 heterocycles. The minimum atomic E-state index is -1.32. The van der Waals surface area contributed by atoms with Gasteiger partial charge in [0.2, 0.25) is 5.91 Å². The lowest BCUT2D eigenvalue weighted by molar-refractivity contribution is -0.142. The van der Waals surface area contributed by atoms with E-state index in [1.165, 1.54) is 0 Å². The van der Waals surface area contributed by atoms with Gasteiger partial charge < -0.3 is 26.6 Å². The SMILES string of the molecule is N=C(N)NCC(=O)N[C@@H](CCC(=O)O)C(=O)O. The Morgan fingerprint density at radius 3 is 2.29 bits per heavy atom. The maximum Gasteiger partial charge on any atom is 0.326 e. The van der Waals surface area contributed by atoms with E-state index in [4.69, 9.17) is 21.4 Å². The number of nitrogens with two attached hydrogens (primary N) is 1. The zero-order chi connectivity index (χ0) is 13.4. The zero-order valence-corrected chi connectivity index (χ0v) is 8.90. The van der Waals surface area contributed by atoms with Crippen molar-refractivity contribution < 1.29 is 24.6 Å². The summed E-state index contributed by atoms with van der Waals surface area (Å²) >= 11 is 0. The van der Waals surface area contributed by atoms with E-state index in [-0.39, 0.29) is 19.4 Å². The molecule has 17 heavy (non-hydrogen) atoms. The minimum absolute atomic E-state index is 0.212. The maximum absolute atomic E-state index is 11.2. The third kappa shape index (κ3) is 7.59. The van der Waals surface area contributed by atoms with Crippen molar-refractivity contribution in [2.24, 2.45) is 5.73 Å². The molecule has 0 aliphatic rings. The molecule has 0 aromatic rings. The lowest BCUT2D eigenvalue weighted by atomic mass is 10.1. The second-order valence-corrected chi connectivity index (χ2v) is 3.16. The number of guanidine groups is 1. The summed E-state index contributed by atoms with van der Waals surface area (Å²) in [6.07, 6.45) is -0.576. The number of amides is 1. The molecule has 0 aliphatic carbocycles. The molecule has 0 rings (SSSR count). The van der Waals surface area contributed by atoms with Crippen molar-refractivity contribution in [3.63, 3.8) is 0 Å². The van der Waals surface area contributed by atoms with E-state index in [2.05, 4.69) is 10.6 Å². The van der Waals surface area contributed by atoms with E-state index >= 15 is 0 Å². The first kappa shape index (κ1) is 14.7. The number of carbonyl (C=O) groups excluding carboxylic acids is 1. The molecule has 0 saturated carbocycles. The van der Waals surface area contributed by atoms with E-state index in [9.17, 15) is 14.4 Å². The van der Waals surface area contributed by atoms with Gasteiger partial charge in [0.15, 0.2) is 5.96 Å². The minimum Gasteiger partial charge on any atom is -0.481 e. The van der Waals surface area contributed by atoms with Gasteiger partial charge in [0.25, 0.3) is 0 Å². The van der Waals surface area contributed by atoms with Crippen LogP contribution in [0.4, 0.5) is 0 Å². The molecule has 0 unspecified atom stereocenters. The first-order chi connectivity index (χ1) is 7.82. The molecule has 0 bridgehead atoms. The highest BCUT2D eigenvalue weighted by atomic mass is 16.4. The fourth-order valence-electron chi connectivity index (χ4n) is 0.946. The largest absolute Gasteiger partial charge is 0.481 e. The molecule has 7 N–H and O–H groups in total. The van der Waals surface area contributed by atoms with E-state index in [0.717, 1.165) is 0 Å². The van der Waals surface area contributed by atoms with Gasteiger partial charge in [-0.05, 0) is 6.42 Å². The summed E-state index contributed by atoms with van der Waals surface area (Å²) in [5.41, 5.74) is 4.93. The molecule has 0 saturated heterocycles. The molecule has 9 nitrogen and oxygen atoms in total. The number of hydrogen-bond donors (Lipinski definition) is 6. The van der Waals surface area contributed by atoms with Gasteiger partial charge in [-0.2, -0.15) is 0 Å². The van der Waals surface area contributed by atoms with E-state index in [1.54, 1.807) is 0 Å². The van der Waals surface area contributed by atoms with Crippen molar-refractivity contribution >= 4 is 23.8 Å². The summed E-state index contributed by atoms with van der Waals surface area (Å²) in [6, 6.07) is -1.27. The van der Waals surface area contributed by atoms with Gasteiger partial charge in [-0.3, -0.25) is 15.0 Å². The molecule has 9 heteroatoms. The molecule has 96 valence electrons. The summed E-state index contributed by atoms with van der Waals surface area (Å²) in [7, 11) is 0. The molecule has 0 aliphatic heterocycles. The van der Waals surface area contributed by atoms with Gasteiger partial charge in [-0.15, -0.1) is 0 Å². The van der Waals surface area contributed by atoms with Gasteiger partial charge in [0.05, 0.1) is 6.54 Å². The first-order valence-electron chi connectivity index (χ1n) is 4.64. The second kappa shape index (κ2) is 7.04. The Morgan fingerprint density at radius 1 is 1.29 bits per heavy atom. The van der Waals surface area contributed by atoms with Crippen LogP contribution in [-0.4, -0.2) is 46.6 Å². The molecule has 0 spiro atoms. The zero-order valence-electron chi connectivity index (χ0n) is 8.90. The van der Waals surface area contributed by atoms with Crippen molar-refractivity contribution in [3.05, 3.63) is 0 Å². The van der Waals surface area contributed by atoms with E-state index < -0.39 is 29.8 Å². The predicted octanol–water partition coefficient (Wildman–Crippen LogP) is -2.10. The first-order valence-corrected chi connectivity index (χ1v) is 4.64. The van der Waals surface area contributed by atoms with Crippen LogP contribution in [0.3, 0.4) is 0 Å². The van der Waals surface area contributed by atoms with Crippen molar-refractivity contribution in [1.82, 2.24) is 10.6 Å². The fraction of sp³-hybridized carbons (Fsp3) is 0.500. The van der Waals surface area contributed by atoms with Gasteiger partial charge in [0.1, 0.15) is 6.04 Å². The lowest BCUT2D eigenvalue weighted by Crippen LogP contribution is -2.46. The number of hydrogen-bond acceptors (Lipinski definition) is 4. The summed E-state index contributed by atoms with van der Waals surface area (Å²) in [5.74, 6) is -3.56. The Balaban J connectivity index is 4.15. The van der Waals surface area contributed by atoms with Crippen LogP contribution in [0.25, 0.3) is 0 Å². The van der Waals surface area contributed by atoms with Crippen LogP contribution in [0, 0.1) is 5.41 Å². The quantitative estimate of drug-likeness (QED) is 0.221. The molecule has 0 fully saturated rings. The van der Waals surface area contributed by atoms with Gasteiger partial charge in [-0.1, -0.05) is 0 Å². The fourth-order valence-corrected chi connectivity index (χ4v) is 0.946. The average Bonchev–Trinajstić information content (AvgIpc) is 2.20. The topological polar surface area (TPSA) is 166 Å². The molecule has 0 aromatic heterocycles. The summed E-state index contributed by atoms with van der Waals surface area (Å²) in [5, 5.41) is 28.2. The monoisotopic (exact) mass is 246 g/mol. The molecule has 1 atom stereocenters. The maximum atomic E-state index is 11.2. The van der Waals surface area contributed by atoms with Crippen LogP contribution >= 0.6 is 0 Å². The molecular formula is C8H14N4O5. The van der Waals surface area contributed by atoms with Gasteiger partial charge >= 0.3 is 11.9 Å². The summed E-state index contributed by atoms with van der Waals surface area (Å²) < 4.78 is 0. The second-order valence-electron chi connectivity index (χ2n) is 3.16. The van der Waals surface area contributed by atoms with Crippen LogP contribution in [-0.2, 0) is 14.4 Å². The Labute approximate surface area is 96.5 Å². The van der Waals surface area contributed by atoms with Crippen LogP contribution < -0.4 is 16.4 Å². The number of carbonyl (C=O) groups is 3. The summed E-state index contributed by atoms with van der Waals surface area (Å²) in [6.45, 7) is -0.341. The van der Waals surface area contributed by atoms with Crippen molar-refractivity contribution in [1.29, 1.82) is 5.41 Å². The third-order valence-corrected chi connectivity index (χ3v) is 1.72. The highest BCUT2D eigenvalue weighted by molar-refractivity contribution is 5.87. The number of carboxylic acid groups (broad SMARTS) is 2. The molecule has 0 radical (unpaired) electrons. The van der Waals surface area contributed by atoms with Crippen molar-refractivity contribution in [2.75, 3.05) is 6.54 Å². The molecule has 1 amide bonds. The Bertz CT molecular complexity index is 330. The number of rotatable bonds is 7. The van der Waals surface area contributed by atoms with Gasteiger partial charge in [0, 0.05) is 6.42 Å². The average molecular weight is 246 g/mol. The predicted molar refractivity (Wildman–Crippen MR) is 56.4 cm³/mol. The van der Waals surface area contributed by atoms with E-state index in [1.807, 2.05) is 0 Å². The van der Waals surface area contributed by atoms with Crippen molar-refractivity contribution in [3.8, 4) is 0 Å². The number of nitrogens with one attached hydrogen (secondary N) is 3. The lowest BCUT2D eigenvalue weighted by Gasteiger charge is -2.13. The van der Waals surface area contributed by atoms with Crippen LogP contribution in [0.5, 0.6) is 0 Å². The highest BCUT2D eigenvalue weighted by Crippen LogP contribution is 1.97. The number of carboxylic acids is 2. The molecular weight excluding hydrogens is 232 g/mol. The Morgan fingerprint density at radius 2 is 1.88 bits per heavy atom. The smallest absolute Gasteiger partial charge is 0.326 e. The normalized spacial score (nSPS) is 11.3. The van der Waals surface area contributed by atoms with Crippen LogP contribution in [0.15, 0.2) is 0 Å². The van der Waals surface area contributed by atoms with Crippen molar-refractivity contribution in [2.45, 2.75) is 18.9 Å². The summed E-state index contributed by atoms with van der Waals surface area (Å²) in [4.78, 5) is 32.1. The third-order valence-electron chi connectivity index (χ3n) is 1.72.